The van der Waals surface area contributed by atoms with Crippen molar-refractivity contribution in [2.75, 3.05) is 20.2 Å². The summed E-state index contributed by atoms with van der Waals surface area (Å²) in [7, 11) is 2.18. The van der Waals surface area contributed by atoms with Crippen LogP contribution in [0.2, 0.25) is 0 Å². The van der Waals surface area contributed by atoms with Crippen molar-refractivity contribution in [2.24, 2.45) is 0 Å². The molecule has 1 heterocycles. The fourth-order valence-electron chi connectivity index (χ4n) is 4.30. The lowest BCUT2D eigenvalue weighted by molar-refractivity contribution is -0.144. The summed E-state index contributed by atoms with van der Waals surface area (Å²) in [5.41, 5.74) is 4.46. The second-order valence-electron chi connectivity index (χ2n) is 7.19. The van der Waals surface area contributed by atoms with Gasteiger partial charge in [0.15, 0.2) is 0 Å². The zero-order valence-corrected chi connectivity index (χ0v) is 16.0. The van der Waals surface area contributed by atoms with Crippen LogP contribution in [0.4, 0.5) is 0 Å². The number of hydrogen-bond donors (Lipinski definition) is 0. The Bertz CT molecular complexity index is 731. The van der Waals surface area contributed by atoms with Crippen LogP contribution in [0.5, 0.6) is 0 Å². The summed E-state index contributed by atoms with van der Waals surface area (Å²) in [6.45, 7) is 1.66. The molecular weight excluding hydrogens is 346 g/mol. The van der Waals surface area contributed by atoms with Crippen LogP contribution >= 0.6 is 12.4 Å². The smallest absolute Gasteiger partial charge is 0.317 e. The lowest BCUT2D eigenvalue weighted by Gasteiger charge is -2.32. The maximum atomic E-state index is 12.9. The molecule has 1 aliphatic carbocycles. The van der Waals surface area contributed by atoms with E-state index >= 15 is 0 Å². The normalized spacial score (nSPS) is 19.3. The van der Waals surface area contributed by atoms with Gasteiger partial charge < -0.3 is 9.64 Å². The number of piperidine rings is 1. The van der Waals surface area contributed by atoms with Crippen LogP contribution in [0.25, 0.3) is 11.1 Å². The predicted octanol–water partition coefficient (Wildman–Crippen LogP) is 4.64. The summed E-state index contributed by atoms with van der Waals surface area (Å²) >= 11 is 0. The third kappa shape index (κ3) is 3.51. The fraction of sp³-hybridized carbons (Fsp3) is 0.409. The van der Waals surface area contributed by atoms with Gasteiger partial charge in [-0.1, -0.05) is 55.0 Å². The lowest BCUT2D eigenvalue weighted by atomic mass is 9.97. The molecule has 1 fully saturated rings. The van der Waals surface area contributed by atoms with Crippen molar-refractivity contribution in [1.29, 1.82) is 0 Å². The molecule has 0 spiro atoms. The molecule has 4 heteroatoms. The molecule has 0 aromatic heterocycles. The van der Waals surface area contributed by atoms with Gasteiger partial charge in [0.25, 0.3) is 0 Å². The van der Waals surface area contributed by atoms with Crippen molar-refractivity contribution in [3.05, 3.63) is 59.7 Å². The Morgan fingerprint density at radius 2 is 1.65 bits per heavy atom. The summed E-state index contributed by atoms with van der Waals surface area (Å²) in [4.78, 5) is 15.3. The molecule has 138 valence electrons. The second-order valence-corrected chi connectivity index (χ2v) is 7.19. The summed E-state index contributed by atoms with van der Waals surface area (Å²) < 4.78 is 5.73. The minimum Gasteiger partial charge on any atom is -0.465 e. The number of rotatable bonds is 4. The van der Waals surface area contributed by atoms with Crippen LogP contribution < -0.4 is 0 Å². The quantitative estimate of drug-likeness (QED) is 0.733. The molecule has 0 N–H and O–H groups in total. The SMILES string of the molecule is CN1CCCCC1CCOC(=O)C1c2ccccc2-c2ccccc21.Cl. The Morgan fingerprint density at radius 1 is 1.04 bits per heavy atom. The topological polar surface area (TPSA) is 29.5 Å². The Labute approximate surface area is 161 Å². The highest BCUT2D eigenvalue weighted by Gasteiger charge is 2.34. The van der Waals surface area contributed by atoms with Gasteiger partial charge >= 0.3 is 5.97 Å². The van der Waals surface area contributed by atoms with Gasteiger partial charge in [0.05, 0.1) is 6.61 Å². The summed E-state index contributed by atoms with van der Waals surface area (Å²) in [6, 6.07) is 16.9. The average Bonchev–Trinajstić information content (AvgIpc) is 2.98. The van der Waals surface area contributed by atoms with Gasteiger partial charge in [-0.15, -0.1) is 12.4 Å². The van der Waals surface area contributed by atoms with Gasteiger partial charge in [-0.05, 0) is 55.1 Å². The first-order valence-electron chi connectivity index (χ1n) is 9.31. The van der Waals surface area contributed by atoms with Crippen LogP contribution in [0, 0.1) is 0 Å². The molecule has 0 bridgehead atoms. The van der Waals surface area contributed by atoms with Crippen molar-refractivity contribution in [3.63, 3.8) is 0 Å². The molecule has 0 amide bonds. The summed E-state index contributed by atoms with van der Waals surface area (Å²) in [6.07, 6.45) is 4.70. The summed E-state index contributed by atoms with van der Waals surface area (Å²) in [5.74, 6) is -0.396. The zero-order chi connectivity index (χ0) is 17.2. The monoisotopic (exact) mass is 371 g/mol. The van der Waals surface area contributed by atoms with E-state index in [-0.39, 0.29) is 24.3 Å². The molecule has 3 nitrogen and oxygen atoms in total. The van der Waals surface area contributed by atoms with Crippen LogP contribution in [-0.2, 0) is 9.53 Å². The van der Waals surface area contributed by atoms with Gasteiger partial charge in [-0.2, -0.15) is 0 Å². The average molecular weight is 372 g/mol. The Morgan fingerprint density at radius 3 is 2.27 bits per heavy atom. The molecule has 4 rings (SSSR count). The molecule has 1 atom stereocenters. The maximum Gasteiger partial charge on any atom is 0.317 e. The number of nitrogens with zero attached hydrogens (tertiary/aromatic N) is 1. The van der Waals surface area contributed by atoms with Crippen molar-refractivity contribution >= 4 is 18.4 Å². The summed E-state index contributed by atoms with van der Waals surface area (Å²) in [5, 5.41) is 0. The number of benzene rings is 2. The van der Waals surface area contributed by atoms with Gasteiger partial charge in [0, 0.05) is 6.04 Å². The number of halogens is 1. The largest absolute Gasteiger partial charge is 0.465 e. The van der Waals surface area contributed by atoms with Crippen LogP contribution in [0.15, 0.2) is 48.5 Å². The van der Waals surface area contributed by atoms with E-state index < -0.39 is 0 Å². The molecule has 1 aliphatic heterocycles. The van der Waals surface area contributed by atoms with E-state index in [9.17, 15) is 4.79 Å². The van der Waals surface area contributed by atoms with E-state index in [0.29, 0.717) is 12.6 Å². The van der Waals surface area contributed by atoms with E-state index in [2.05, 4.69) is 36.2 Å². The highest BCUT2D eigenvalue weighted by Crippen LogP contribution is 2.45. The first-order chi connectivity index (χ1) is 12.3. The Kier molecular flexibility index (Phi) is 6.00. The number of esters is 1. The van der Waals surface area contributed by atoms with Gasteiger partial charge in [0.1, 0.15) is 5.92 Å². The first-order valence-corrected chi connectivity index (χ1v) is 9.31. The molecule has 0 saturated carbocycles. The number of likely N-dealkylation sites (tertiary alicyclic amines) is 1. The number of hydrogen-bond acceptors (Lipinski definition) is 3. The molecule has 1 saturated heterocycles. The molecule has 2 aromatic rings. The molecule has 2 aliphatic rings. The maximum absolute atomic E-state index is 12.9. The molecule has 1 unspecified atom stereocenters. The molecule has 26 heavy (non-hydrogen) atoms. The van der Waals surface area contributed by atoms with Crippen LogP contribution in [-0.4, -0.2) is 37.1 Å². The van der Waals surface area contributed by atoms with Crippen LogP contribution in [0.3, 0.4) is 0 Å². The van der Waals surface area contributed by atoms with Crippen molar-refractivity contribution < 1.29 is 9.53 Å². The molecule has 0 radical (unpaired) electrons. The highest BCUT2D eigenvalue weighted by molar-refractivity contribution is 5.93. The third-order valence-electron chi connectivity index (χ3n) is 5.69. The van der Waals surface area contributed by atoms with Gasteiger partial charge in [-0.25, -0.2) is 0 Å². The number of carbonyl (C=O) groups is 1. The van der Waals surface area contributed by atoms with Crippen LogP contribution in [0.1, 0.15) is 42.7 Å². The molecular formula is C22H26ClNO2. The lowest BCUT2D eigenvalue weighted by Crippen LogP contribution is -2.37. The highest BCUT2D eigenvalue weighted by atomic mass is 35.5. The van der Waals surface area contributed by atoms with E-state index in [1.54, 1.807) is 0 Å². The minimum atomic E-state index is -0.281. The van der Waals surface area contributed by atoms with E-state index in [0.717, 1.165) is 35.2 Å². The van der Waals surface area contributed by atoms with Gasteiger partial charge in [0.2, 0.25) is 0 Å². The van der Waals surface area contributed by atoms with E-state index in [1.165, 1.54) is 19.3 Å². The standard InChI is InChI=1S/C22H25NO2.ClH/c1-23-14-7-6-8-16(23)13-15-25-22(24)21-19-11-4-2-9-17(19)18-10-3-5-12-20(18)21;/h2-5,9-12,16,21H,6-8,13-15H2,1H3;1H. The van der Waals surface area contributed by atoms with Crippen molar-refractivity contribution in [1.82, 2.24) is 4.90 Å². The number of fused-ring (bicyclic) bond motifs is 3. The molecule has 2 aromatic carbocycles. The minimum absolute atomic E-state index is 0. The van der Waals surface area contributed by atoms with E-state index in [1.807, 2.05) is 24.3 Å². The van der Waals surface area contributed by atoms with E-state index in [4.69, 9.17) is 4.74 Å². The van der Waals surface area contributed by atoms with Crippen molar-refractivity contribution in [2.45, 2.75) is 37.6 Å². The fourth-order valence-corrected chi connectivity index (χ4v) is 4.30. The first kappa shape index (κ1) is 18.9. The zero-order valence-electron chi connectivity index (χ0n) is 15.2. The number of ether oxygens (including phenoxy) is 1. The Balaban J connectivity index is 0.00000196. The van der Waals surface area contributed by atoms with Crippen molar-refractivity contribution in [3.8, 4) is 11.1 Å². The second kappa shape index (κ2) is 8.24. The third-order valence-corrected chi connectivity index (χ3v) is 5.69. The predicted molar refractivity (Wildman–Crippen MR) is 107 cm³/mol. The van der Waals surface area contributed by atoms with Gasteiger partial charge in [-0.3, -0.25) is 4.79 Å². The Hall–Kier alpha value is -1.84. The number of carbonyl (C=O) groups excluding carboxylic acids is 1.